The van der Waals surface area contributed by atoms with Crippen LogP contribution in [0.2, 0.25) is 0 Å². The largest absolute Gasteiger partial charge is 0.464 e. The normalized spacial score (nSPS) is 11.1. The van der Waals surface area contributed by atoms with E-state index in [-0.39, 0.29) is 30.3 Å². The fourth-order valence-electron chi connectivity index (χ4n) is 4.44. The number of carbonyl (C=O) groups is 2. The number of hydrogen-bond donors (Lipinski definition) is 0. The molecule has 0 aliphatic rings. The molecule has 0 aliphatic heterocycles. The zero-order valence-electron chi connectivity index (χ0n) is 23.1. The summed E-state index contributed by atoms with van der Waals surface area (Å²) in [7, 11) is 0. The molecule has 0 bridgehead atoms. The fraction of sp³-hybridized carbons (Fsp3) is 0.303. The van der Waals surface area contributed by atoms with Crippen molar-refractivity contribution in [1.82, 2.24) is 9.80 Å². The minimum Gasteiger partial charge on any atom is -0.464 e. The van der Waals surface area contributed by atoms with Crippen molar-refractivity contribution in [3.63, 3.8) is 0 Å². The highest BCUT2D eigenvalue weighted by Gasteiger charge is 2.24. The SMILES string of the molecule is Cc1ccc(C(=O)N(CCC(C)C)CC(=O)N(Cc2ccccc2)Cc2coc3ccc(C)cc3c2=O)cc1. The van der Waals surface area contributed by atoms with Gasteiger partial charge in [0.15, 0.2) is 5.43 Å². The van der Waals surface area contributed by atoms with Gasteiger partial charge in [-0.2, -0.15) is 0 Å². The second-order valence-electron chi connectivity index (χ2n) is 10.6. The summed E-state index contributed by atoms with van der Waals surface area (Å²) in [6, 6.07) is 22.5. The van der Waals surface area contributed by atoms with Crippen LogP contribution in [0.4, 0.5) is 0 Å². The van der Waals surface area contributed by atoms with E-state index in [1.165, 1.54) is 6.26 Å². The van der Waals surface area contributed by atoms with Crippen LogP contribution in [0.25, 0.3) is 11.0 Å². The maximum absolute atomic E-state index is 13.8. The summed E-state index contributed by atoms with van der Waals surface area (Å²) in [4.78, 5) is 43.9. The molecular weight excluding hydrogens is 488 g/mol. The molecule has 6 heteroatoms. The number of rotatable bonds is 10. The van der Waals surface area contributed by atoms with E-state index in [0.717, 1.165) is 23.1 Å². The Morgan fingerprint density at radius 1 is 0.846 bits per heavy atom. The first-order valence-electron chi connectivity index (χ1n) is 13.4. The summed E-state index contributed by atoms with van der Waals surface area (Å²) in [5.74, 6) is -0.0318. The fourth-order valence-corrected chi connectivity index (χ4v) is 4.44. The van der Waals surface area contributed by atoms with Crippen LogP contribution in [0.15, 0.2) is 88.3 Å². The first kappa shape index (κ1) is 27.8. The zero-order valence-corrected chi connectivity index (χ0v) is 23.1. The van der Waals surface area contributed by atoms with Crippen LogP contribution in [-0.4, -0.2) is 34.7 Å². The lowest BCUT2D eigenvalue weighted by Crippen LogP contribution is -2.43. The van der Waals surface area contributed by atoms with E-state index in [1.807, 2.05) is 68.4 Å². The summed E-state index contributed by atoms with van der Waals surface area (Å²) >= 11 is 0. The molecule has 0 atom stereocenters. The van der Waals surface area contributed by atoms with Crippen molar-refractivity contribution in [3.8, 4) is 0 Å². The maximum Gasteiger partial charge on any atom is 0.254 e. The number of carbonyl (C=O) groups excluding carboxylic acids is 2. The van der Waals surface area contributed by atoms with E-state index in [4.69, 9.17) is 4.42 Å². The van der Waals surface area contributed by atoms with Gasteiger partial charge in [-0.25, -0.2) is 0 Å². The van der Waals surface area contributed by atoms with Crippen LogP contribution < -0.4 is 5.43 Å². The molecule has 3 aromatic carbocycles. The minimum atomic E-state index is -0.230. The van der Waals surface area contributed by atoms with Crippen molar-refractivity contribution in [3.05, 3.63) is 117 Å². The van der Waals surface area contributed by atoms with E-state index in [1.54, 1.807) is 28.0 Å². The van der Waals surface area contributed by atoms with Gasteiger partial charge in [0.25, 0.3) is 5.91 Å². The predicted molar refractivity (Wildman–Crippen MR) is 154 cm³/mol. The predicted octanol–water partition coefficient (Wildman–Crippen LogP) is 6.13. The van der Waals surface area contributed by atoms with E-state index >= 15 is 0 Å². The van der Waals surface area contributed by atoms with Crippen molar-refractivity contribution >= 4 is 22.8 Å². The Balaban J connectivity index is 1.63. The summed E-state index contributed by atoms with van der Waals surface area (Å²) in [6.45, 7) is 8.86. The second kappa shape index (κ2) is 12.6. The van der Waals surface area contributed by atoms with Crippen LogP contribution in [0.1, 0.15) is 52.9 Å². The number of hydrogen-bond acceptors (Lipinski definition) is 4. The van der Waals surface area contributed by atoms with Gasteiger partial charge in [0.05, 0.1) is 23.8 Å². The van der Waals surface area contributed by atoms with Crippen molar-refractivity contribution in [2.45, 2.75) is 47.2 Å². The lowest BCUT2D eigenvalue weighted by atomic mass is 10.1. The number of amides is 2. The monoisotopic (exact) mass is 524 g/mol. The Labute approximate surface area is 229 Å². The van der Waals surface area contributed by atoms with Crippen molar-refractivity contribution in [1.29, 1.82) is 0 Å². The van der Waals surface area contributed by atoms with Gasteiger partial charge in [-0.3, -0.25) is 14.4 Å². The molecule has 202 valence electrons. The van der Waals surface area contributed by atoms with E-state index in [9.17, 15) is 14.4 Å². The lowest BCUT2D eigenvalue weighted by Gasteiger charge is -2.28. The topological polar surface area (TPSA) is 70.8 Å². The Hall–Kier alpha value is -4.19. The third-order valence-electron chi connectivity index (χ3n) is 6.82. The third kappa shape index (κ3) is 7.23. The standard InChI is InChI=1S/C33H36N2O4/c1-23(2)16-17-34(33(38)27-13-10-24(3)11-14-27)21-31(36)35(19-26-8-6-5-7-9-26)20-28-22-39-30-15-12-25(4)18-29(30)32(28)37/h5-15,18,22-23H,16-17,19-21H2,1-4H3. The summed E-state index contributed by atoms with van der Waals surface area (Å²) in [5, 5.41) is 0.493. The number of aryl methyl sites for hydroxylation is 2. The molecule has 0 radical (unpaired) electrons. The molecule has 1 heterocycles. The van der Waals surface area contributed by atoms with Gasteiger partial charge in [0, 0.05) is 18.7 Å². The molecule has 0 fully saturated rings. The van der Waals surface area contributed by atoms with Gasteiger partial charge in [-0.1, -0.05) is 73.5 Å². The van der Waals surface area contributed by atoms with Gasteiger partial charge in [0.2, 0.25) is 5.91 Å². The molecule has 0 saturated carbocycles. The quantitative estimate of drug-likeness (QED) is 0.250. The van der Waals surface area contributed by atoms with Crippen LogP contribution in [0.3, 0.4) is 0 Å². The van der Waals surface area contributed by atoms with E-state index in [2.05, 4.69) is 13.8 Å². The minimum absolute atomic E-state index is 0.0791. The Morgan fingerprint density at radius 2 is 1.54 bits per heavy atom. The molecule has 4 aromatic rings. The maximum atomic E-state index is 13.8. The van der Waals surface area contributed by atoms with Crippen molar-refractivity contribution < 1.29 is 14.0 Å². The Morgan fingerprint density at radius 3 is 2.23 bits per heavy atom. The molecule has 2 amide bonds. The van der Waals surface area contributed by atoms with Crippen LogP contribution in [0, 0.1) is 19.8 Å². The van der Waals surface area contributed by atoms with Crippen LogP contribution in [-0.2, 0) is 17.9 Å². The second-order valence-corrected chi connectivity index (χ2v) is 10.6. The number of fused-ring (bicyclic) bond motifs is 1. The molecule has 0 unspecified atom stereocenters. The molecule has 1 aromatic heterocycles. The Kier molecular flexibility index (Phi) is 8.97. The molecule has 0 aliphatic carbocycles. The third-order valence-corrected chi connectivity index (χ3v) is 6.82. The van der Waals surface area contributed by atoms with Gasteiger partial charge in [-0.05, 0) is 56.0 Å². The molecule has 39 heavy (non-hydrogen) atoms. The summed E-state index contributed by atoms with van der Waals surface area (Å²) in [5.41, 5.74) is 4.27. The van der Waals surface area contributed by atoms with E-state index in [0.29, 0.717) is 41.1 Å². The summed E-state index contributed by atoms with van der Waals surface area (Å²) < 4.78 is 5.76. The average molecular weight is 525 g/mol. The van der Waals surface area contributed by atoms with Gasteiger partial charge >= 0.3 is 0 Å². The van der Waals surface area contributed by atoms with E-state index < -0.39 is 0 Å². The highest BCUT2D eigenvalue weighted by molar-refractivity contribution is 5.96. The highest BCUT2D eigenvalue weighted by atomic mass is 16.3. The molecule has 6 nitrogen and oxygen atoms in total. The first-order chi connectivity index (χ1) is 18.7. The molecule has 0 spiro atoms. The zero-order chi connectivity index (χ0) is 27.9. The molecule has 0 N–H and O–H groups in total. The van der Waals surface area contributed by atoms with Gasteiger partial charge < -0.3 is 14.2 Å². The van der Waals surface area contributed by atoms with Gasteiger partial charge in [-0.15, -0.1) is 0 Å². The van der Waals surface area contributed by atoms with Crippen LogP contribution in [0.5, 0.6) is 0 Å². The van der Waals surface area contributed by atoms with Crippen molar-refractivity contribution in [2.24, 2.45) is 5.92 Å². The smallest absolute Gasteiger partial charge is 0.254 e. The molecule has 0 saturated heterocycles. The number of nitrogens with zero attached hydrogens (tertiary/aromatic N) is 2. The molecular formula is C33H36N2O4. The average Bonchev–Trinajstić information content (AvgIpc) is 2.92. The lowest BCUT2D eigenvalue weighted by molar-refractivity contribution is -0.133. The number of benzene rings is 3. The van der Waals surface area contributed by atoms with Crippen LogP contribution >= 0.6 is 0 Å². The summed E-state index contributed by atoms with van der Waals surface area (Å²) in [6.07, 6.45) is 2.22. The van der Waals surface area contributed by atoms with Crippen molar-refractivity contribution in [2.75, 3.05) is 13.1 Å². The van der Waals surface area contributed by atoms with Gasteiger partial charge in [0.1, 0.15) is 12.1 Å². The highest BCUT2D eigenvalue weighted by Crippen LogP contribution is 2.17. The molecule has 4 rings (SSSR count). The Bertz CT molecular complexity index is 1490. The first-order valence-corrected chi connectivity index (χ1v) is 13.4.